The molecule has 4 heteroatoms. The average Bonchev–Trinajstić information content (AvgIpc) is 2.14. The first-order valence-corrected chi connectivity index (χ1v) is 3.85. The molecule has 0 aromatic heterocycles. The molecule has 11 heavy (non-hydrogen) atoms. The van der Waals surface area contributed by atoms with Crippen molar-refractivity contribution < 1.29 is 9.90 Å². The number of hydrogen-bond acceptors (Lipinski definition) is 2. The third kappa shape index (κ3) is 3.34. The van der Waals surface area contributed by atoms with Crippen LogP contribution in [-0.4, -0.2) is 37.3 Å². The first-order chi connectivity index (χ1) is 5.29. The quantitative estimate of drug-likeness (QED) is 0.556. The molecular formula is C7H13N2O2. The van der Waals surface area contributed by atoms with Gasteiger partial charge in [-0.05, 0) is 12.5 Å². The lowest BCUT2D eigenvalue weighted by atomic mass is 10.1. The Kier molecular flexibility index (Phi) is 3.32. The van der Waals surface area contributed by atoms with Gasteiger partial charge in [-0.25, -0.2) is 5.32 Å². The van der Waals surface area contributed by atoms with Crippen LogP contribution < -0.4 is 10.6 Å². The van der Waals surface area contributed by atoms with Gasteiger partial charge >= 0.3 is 5.97 Å². The van der Waals surface area contributed by atoms with Gasteiger partial charge in [0.2, 0.25) is 0 Å². The second kappa shape index (κ2) is 4.31. The molecule has 2 N–H and O–H groups in total. The molecule has 1 aliphatic rings. The predicted molar refractivity (Wildman–Crippen MR) is 40.5 cm³/mol. The van der Waals surface area contributed by atoms with Crippen LogP contribution in [0.15, 0.2) is 0 Å². The maximum atomic E-state index is 10.3. The Morgan fingerprint density at radius 3 is 3.27 bits per heavy atom. The van der Waals surface area contributed by atoms with Gasteiger partial charge in [0.1, 0.15) is 0 Å². The van der Waals surface area contributed by atoms with Gasteiger partial charge < -0.3 is 10.4 Å². The number of hydrogen-bond donors (Lipinski definition) is 2. The number of aliphatic carboxylic acids is 1. The molecule has 4 nitrogen and oxygen atoms in total. The number of nitrogens with one attached hydrogen (secondary N) is 1. The number of nitrogens with zero attached hydrogens (tertiary/aromatic N) is 1. The largest absolute Gasteiger partial charge is 0.481 e. The van der Waals surface area contributed by atoms with Crippen molar-refractivity contribution in [1.29, 1.82) is 0 Å². The molecule has 1 radical (unpaired) electrons. The summed E-state index contributed by atoms with van der Waals surface area (Å²) in [6, 6.07) is 0. The van der Waals surface area contributed by atoms with Crippen LogP contribution in [-0.2, 0) is 4.79 Å². The van der Waals surface area contributed by atoms with Crippen molar-refractivity contribution in [3.8, 4) is 0 Å². The molecule has 1 heterocycles. The van der Waals surface area contributed by atoms with Crippen molar-refractivity contribution in [2.24, 2.45) is 5.92 Å². The van der Waals surface area contributed by atoms with Crippen molar-refractivity contribution in [1.82, 2.24) is 10.6 Å². The molecule has 0 spiro atoms. The Labute approximate surface area is 66.0 Å². The molecule has 1 aliphatic heterocycles. The zero-order valence-electron chi connectivity index (χ0n) is 6.42. The zero-order valence-corrected chi connectivity index (χ0v) is 6.42. The molecule has 1 atom stereocenters. The summed E-state index contributed by atoms with van der Waals surface area (Å²) in [5, 5.41) is 15.8. The molecular weight excluding hydrogens is 144 g/mol. The Hall–Kier alpha value is -0.610. The molecule has 1 unspecified atom stereocenters. The predicted octanol–water partition coefficient (Wildman–Crippen LogP) is -0.715. The first kappa shape index (κ1) is 8.49. The third-order valence-electron chi connectivity index (χ3n) is 1.73. The summed E-state index contributed by atoms with van der Waals surface area (Å²) in [5.41, 5.74) is 0. The Morgan fingerprint density at radius 2 is 2.55 bits per heavy atom. The van der Waals surface area contributed by atoms with E-state index in [-0.39, 0.29) is 12.3 Å². The van der Waals surface area contributed by atoms with Crippen LogP contribution in [0.25, 0.3) is 0 Å². The highest BCUT2D eigenvalue weighted by Gasteiger charge is 2.14. The molecule has 0 saturated carbocycles. The van der Waals surface area contributed by atoms with Crippen molar-refractivity contribution in [2.75, 3.05) is 26.2 Å². The van der Waals surface area contributed by atoms with Crippen LogP contribution in [0.5, 0.6) is 0 Å². The molecule has 1 saturated heterocycles. The summed E-state index contributed by atoms with van der Waals surface area (Å²) in [4.78, 5) is 10.3. The van der Waals surface area contributed by atoms with Crippen LogP contribution in [0.2, 0.25) is 0 Å². The number of rotatable bonds is 2. The van der Waals surface area contributed by atoms with Crippen LogP contribution in [0.3, 0.4) is 0 Å². The van der Waals surface area contributed by atoms with Gasteiger partial charge in [0.05, 0.1) is 6.42 Å². The van der Waals surface area contributed by atoms with Crippen LogP contribution in [0.1, 0.15) is 6.42 Å². The van der Waals surface area contributed by atoms with Crippen molar-refractivity contribution in [3.63, 3.8) is 0 Å². The topological polar surface area (TPSA) is 63.4 Å². The molecule has 1 rings (SSSR count). The minimum atomic E-state index is -0.728. The van der Waals surface area contributed by atoms with E-state index in [4.69, 9.17) is 5.11 Å². The summed E-state index contributed by atoms with van der Waals surface area (Å²) in [7, 11) is 0. The van der Waals surface area contributed by atoms with E-state index in [1.165, 1.54) is 0 Å². The highest BCUT2D eigenvalue weighted by Crippen LogP contribution is 2.02. The molecule has 0 aromatic carbocycles. The molecule has 0 amide bonds. The normalized spacial score (nSPS) is 21.1. The van der Waals surface area contributed by atoms with E-state index >= 15 is 0 Å². The van der Waals surface area contributed by atoms with Gasteiger partial charge in [0.25, 0.3) is 0 Å². The van der Waals surface area contributed by atoms with Gasteiger partial charge in [0, 0.05) is 19.6 Å². The number of carboxylic acid groups (broad SMARTS) is 1. The Balaban J connectivity index is 2.25. The van der Waals surface area contributed by atoms with Gasteiger partial charge in [0.15, 0.2) is 0 Å². The summed E-state index contributed by atoms with van der Waals surface area (Å²) in [6.45, 7) is 3.18. The monoisotopic (exact) mass is 157 g/mol. The maximum absolute atomic E-state index is 10.3. The Bertz CT molecular complexity index is 130. The lowest BCUT2D eigenvalue weighted by Crippen LogP contribution is -2.24. The summed E-state index contributed by atoms with van der Waals surface area (Å²) in [6.07, 6.45) is 0.233. The molecule has 0 bridgehead atoms. The molecule has 0 aliphatic carbocycles. The number of carbonyl (C=O) groups is 1. The van der Waals surface area contributed by atoms with E-state index in [0.717, 1.165) is 19.6 Å². The van der Waals surface area contributed by atoms with Crippen molar-refractivity contribution >= 4 is 5.97 Å². The van der Waals surface area contributed by atoms with Crippen LogP contribution in [0.4, 0.5) is 0 Å². The van der Waals surface area contributed by atoms with Crippen molar-refractivity contribution in [2.45, 2.75) is 6.42 Å². The van der Waals surface area contributed by atoms with Crippen LogP contribution in [0, 0.1) is 5.92 Å². The third-order valence-corrected chi connectivity index (χ3v) is 1.73. The van der Waals surface area contributed by atoms with E-state index in [0.29, 0.717) is 6.54 Å². The molecule has 0 aromatic rings. The molecule has 1 fully saturated rings. The van der Waals surface area contributed by atoms with Gasteiger partial charge in [-0.1, -0.05) is 0 Å². The standard InChI is InChI=1S/C7H13N2O2/c10-7(11)3-6-4-8-1-2-9-5-6/h6,8H,1-5H2,(H,10,11). The van der Waals surface area contributed by atoms with E-state index in [1.807, 2.05) is 0 Å². The lowest BCUT2D eigenvalue weighted by Gasteiger charge is -2.09. The highest BCUT2D eigenvalue weighted by molar-refractivity contribution is 5.67. The smallest absolute Gasteiger partial charge is 0.303 e. The van der Waals surface area contributed by atoms with Crippen LogP contribution >= 0.6 is 0 Å². The van der Waals surface area contributed by atoms with Gasteiger partial charge in [-0.2, -0.15) is 0 Å². The second-order valence-electron chi connectivity index (χ2n) is 2.80. The fourth-order valence-electron chi connectivity index (χ4n) is 1.19. The van der Waals surface area contributed by atoms with E-state index in [2.05, 4.69) is 10.6 Å². The Morgan fingerprint density at radius 1 is 1.73 bits per heavy atom. The minimum absolute atomic E-state index is 0.190. The van der Waals surface area contributed by atoms with E-state index in [9.17, 15) is 4.79 Å². The fraction of sp³-hybridized carbons (Fsp3) is 0.857. The molecule has 63 valence electrons. The van der Waals surface area contributed by atoms with Crippen molar-refractivity contribution in [3.05, 3.63) is 0 Å². The summed E-state index contributed by atoms with van der Waals surface area (Å²) in [5.74, 6) is -0.538. The minimum Gasteiger partial charge on any atom is -0.481 e. The summed E-state index contributed by atoms with van der Waals surface area (Å²) >= 11 is 0. The van der Waals surface area contributed by atoms with Gasteiger partial charge in [-0.15, -0.1) is 0 Å². The first-order valence-electron chi connectivity index (χ1n) is 3.85. The van der Waals surface area contributed by atoms with Gasteiger partial charge in [-0.3, -0.25) is 4.79 Å². The van der Waals surface area contributed by atoms with E-state index in [1.54, 1.807) is 0 Å². The lowest BCUT2D eigenvalue weighted by molar-refractivity contribution is -0.138. The van der Waals surface area contributed by atoms with E-state index < -0.39 is 5.97 Å². The summed E-state index contributed by atoms with van der Waals surface area (Å²) < 4.78 is 0. The maximum Gasteiger partial charge on any atom is 0.303 e. The average molecular weight is 157 g/mol. The second-order valence-corrected chi connectivity index (χ2v) is 2.80. The number of carboxylic acids is 1. The fourth-order valence-corrected chi connectivity index (χ4v) is 1.19. The highest BCUT2D eigenvalue weighted by atomic mass is 16.4. The zero-order chi connectivity index (χ0) is 8.10. The SMILES string of the molecule is O=C(O)CC1C[N]CCNC1.